The molecule has 3 N–H and O–H groups in total. The molecule has 8 heteroatoms. The highest BCUT2D eigenvalue weighted by Gasteiger charge is 2.25. The molecule has 1 atom stereocenters. The number of aromatic amines is 1. The molecule has 1 aromatic carbocycles. The van der Waals surface area contributed by atoms with Gasteiger partial charge in [0.25, 0.3) is 0 Å². The average molecular weight is 334 g/mol. The molecule has 8 nitrogen and oxygen atoms in total. The van der Waals surface area contributed by atoms with Crippen molar-refractivity contribution in [1.29, 1.82) is 0 Å². The molecule has 0 spiro atoms. The third-order valence-electron chi connectivity index (χ3n) is 4.85. The molecule has 5 rings (SSSR count). The van der Waals surface area contributed by atoms with E-state index >= 15 is 0 Å². The smallest absolute Gasteiger partial charge is 0.209 e. The molecule has 126 valence electrons. The summed E-state index contributed by atoms with van der Waals surface area (Å²) < 4.78 is 1.68. The summed E-state index contributed by atoms with van der Waals surface area (Å²) in [6, 6.07) is 10.1. The number of anilines is 2. The molecule has 25 heavy (non-hydrogen) atoms. The Morgan fingerprint density at radius 1 is 1.20 bits per heavy atom. The van der Waals surface area contributed by atoms with Crippen LogP contribution in [-0.4, -0.2) is 42.6 Å². The maximum atomic E-state index is 6.03. The Kier molecular flexibility index (Phi) is 3.09. The lowest BCUT2D eigenvalue weighted by Gasteiger charge is -2.32. The Balaban J connectivity index is 1.46. The number of nitrogen functional groups attached to an aromatic ring is 1. The number of piperidine rings is 1. The molecule has 0 aliphatic carbocycles. The number of H-pyrrole nitrogens is 1. The van der Waals surface area contributed by atoms with E-state index in [1.807, 2.05) is 24.3 Å². The number of nitrogens with two attached hydrogens (primary N) is 1. The van der Waals surface area contributed by atoms with E-state index < -0.39 is 0 Å². The van der Waals surface area contributed by atoms with Crippen LogP contribution in [0.4, 0.5) is 11.8 Å². The monoisotopic (exact) mass is 334 g/mol. The summed E-state index contributed by atoms with van der Waals surface area (Å²) in [5, 5.41) is 7.98. The van der Waals surface area contributed by atoms with Gasteiger partial charge in [-0.3, -0.25) is 4.40 Å². The fourth-order valence-electron chi connectivity index (χ4n) is 3.57. The van der Waals surface area contributed by atoms with Gasteiger partial charge in [-0.2, -0.15) is 4.98 Å². The van der Waals surface area contributed by atoms with Crippen molar-refractivity contribution in [2.24, 2.45) is 0 Å². The molecular weight excluding hydrogens is 316 g/mol. The molecule has 0 saturated carbocycles. The molecule has 3 aromatic heterocycles. The first-order chi connectivity index (χ1) is 12.3. The van der Waals surface area contributed by atoms with E-state index in [0.717, 1.165) is 48.6 Å². The molecule has 1 fully saturated rings. The maximum absolute atomic E-state index is 6.03. The number of aromatic nitrogens is 6. The largest absolute Gasteiger partial charge is 0.369 e. The van der Waals surface area contributed by atoms with Gasteiger partial charge in [-0.15, -0.1) is 10.2 Å². The first-order valence-electron chi connectivity index (χ1n) is 8.44. The molecular formula is C17H18N8. The van der Waals surface area contributed by atoms with E-state index in [1.54, 1.807) is 10.7 Å². The van der Waals surface area contributed by atoms with Crippen LogP contribution in [-0.2, 0) is 0 Å². The lowest BCUT2D eigenvalue weighted by Crippen LogP contribution is -2.35. The van der Waals surface area contributed by atoms with Gasteiger partial charge < -0.3 is 15.6 Å². The predicted octanol–water partition coefficient (Wildman–Crippen LogP) is 1.97. The Morgan fingerprint density at radius 2 is 2.12 bits per heavy atom. The number of para-hydroxylation sites is 2. The molecule has 1 unspecified atom stereocenters. The first-order valence-corrected chi connectivity index (χ1v) is 8.44. The maximum Gasteiger partial charge on any atom is 0.209 e. The summed E-state index contributed by atoms with van der Waals surface area (Å²) >= 11 is 0. The summed E-state index contributed by atoms with van der Waals surface area (Å²) in [6.45, 7) is 1.81. The number of hydrogen-bond acceptors (Lipinski definition) is 6. The number of nitrogens with one attached hydrogen (secondary N) is 1. The highest BCUT2D eigenvalue weighted by molar-refractivity contribution is 5.74. The average Bonchev–Trinajstić information content (AvgIpc) is 3.28. The molecule has 0 bridgehead atoms. The molecule has 0 radical (unpaired) electrons. The third kappa shape index (κ3) is 2.37. The van der Waals surface area contributed by atoms with Crippen LogP contribution < -0.4 is 10.6 Å². The fraction of sp³-hybridized carbons (Fsp3) is 0.294. The number of hydrogen-bond donors (Lipinski definition) is 2. The van der Waals surface area contributed by atoms with Crippen LogP contribution in [0, 0.1) is 0 Å². The Bertz CT molecular complexity index is 1020. The highest BCUT2D eigenvalue weighted by atomic mass is 15.3. The summed E-state index contributed by atoms with van der Waals surface area (Å²) in [5.41, 5.74) is 8.85. The molecule has 4 heterocycles. The van der Waals surface area contributed by atoms with Crippen LogP contribution in [0.2, 0.25) is 0 Å². The second-order valence-corrected chi connectivity index (χ2v) is 6.46. The predicted molar refractivity (Wildman–Crippen MR) is 95.5 cm³/mol. The highest BCUT2D eigenvalue weighted by Crippen LogP contribution is 2.29. The van der Waals surface area contributed by atoms with E-state index in [1.165, 1.54) is 0 Å². The lowest BCUT2D eigenvalue weighted by atomic mass is 9.97. The molecule has 1 saturated heterocycles. The van der Waals surface area contributed by atoms with Crippen molar-refractivity contribution in [3.05, 3.63) is 42.5 Å². The van der Waals surface area contributed by atoms with Gasteiger partial charge in [0.15, 0.2) is 5.65 Å². The quantitative estimate of drug-likeness (QED) is 0.581. The summed E-state index contributed by atoms with van der Waals surface area (Å²) in [5.74, 6) is 2.64. The van der Waals surface area contributed by atoms with Gasteiger partial charge in [0.05, 0.1) is 11.0 Å². The van der Waals surface area contributed by atoms with Gasteiger partial charge in [0.2, 0.25) is 5.95 Å². The van der Waals surface area contributed by atoms with Crippen molar-refractivity contribution in [3.63, 3.8) is 0 Å². The van der Waals surface area contributed by atoms with Gasteiger partial charge in [-0.25, -0.2) is 4.98 Å². The zero-order valence-corrected chi connectivity index (χ0v) is 13.6. The van der Waals surface area contributed by atoms with Crippen molar-refractivity contribution in [1.82, 2.24) is 29.5 Å². The summed E-state index contributed by atoms with van der Waals surface area (Å²) in [4.78, 5) is 15.0. The van der Waals surface area contributed by atoms with Crippen LogP contribution in [0.5, 0.6) is 0 Å². The zero-order valence-electron chi connectivity index (χ0n) is 13.6. The minimum absolute atomic E-state index is 0.346. The van der Waals surface area contributed by atoms with E-state index in [4.69, 9.17) is 10.7 Å². The van der Waals surface area contributed by atoms with Gasteiger partial charge in [-0.1, -0.05) is 12.1 Å². The first kappa shape index (κ1) is 14.2. The Hall–Kier alpha value is -3.16. The third-order valence-corrected chi connectivity index (χ3v) is 4.85. The summed E-state index contributed by atoms with van der Waals surface area (Å²) in [7, 11) is 0. The number of fused-ring (bicyclic) bond motifs is 2. The van der Waals surface area contributed by atoms with Gasteiger partial charge in [-0.05, 0) is 25.0 Å². The zero-order chi connectivity index (χ0) is 16.8. The topological polar surface area (TPSA) is 101 Å². The van der Waals surface area contributed by atoms with Crippen molar-refractivity contribution in [2.45, 2.75) is 18.8 Å². The normalized spacial score (nSPS) is 18.2. The van der Waals surface area contributed by atoms with E-state index in [2.05, 4.69) is 31.1 Å². The SMILES string of the molecule is Nc1nc(N2CCCC(c3nc4ccccc4[nH]3)C2)cc2nncn12. The van der Waals surface area contributed by atoms with Crippen LogP contribution in [0.3, 0.4) is 0 Å². The van der Waals surface area contributed by atoms with Crippen molar-refractivity contribution in [2.75, 3.05) is 23.7 Å². The van der Waals surface area contributed by atoms with Crippen molar-refractivity contribution >= 4 is 28.4 Å². The van der Waals surface area contributed by atoms with Crippen LogP contribution in [0.25, 0.3) is 16.7 Å². The van der Waals surface area contributed by atoms with Gasteiger partial charge in [0, 0.05) is 25.1 Å². The minimum Gasteiger partial charge on any atom is -0.369 e. The van der Waals surface area contributed by atoms with E-state index in [-0.39, 0.29) is 0 Å². The van der Waals surface area contributed by atoms with E-state index in [9.17, 15) is 0 Å². The molecule has 1 aliphatic heterocycles. The standard InChI is InChI=1S/C17H18N8/c18-17-22-14(8-15-23-19-10-25(15)17)24-7-3-4-11(9-24)16-20-12-5-1-2-6-13(12)21-16/h1-2,5-6,8,10-11H,3-4,7,9H2,(H2,18,22)(H,20,21). The van der Waals surface area contributed by atoms with E-state index in [0.29, 0.717) is 17.5 Å². The summed E-state index contributed by atoms with van der Waals surface area (Å²) in [6.07, 6.45) is 3.77. The van der Waals surface area contributed by atoms with Crippen molar-refractivity contribution < 1.29 is 0 Å². The minimum atomic E-state index is 0.346. The second kappa shape index (κ2) is 5.44. The number of rotatable bonds is 2. The van der Waals surface area contributed by atoms with Crippen LogP contribution in [0.15, 0.2) is 36.7 Å². The number of nitrogens with zero attached hydrogens (tertiary/aromatic N) is 6. The van der Waals surface area contributed by atoms with Gasteiger partial charge >= 0.3 is 0 Å². The fourth-order valence-corrected chi connectivity index (χ4v) is 3.57. The second-order valence-electron chi connectivity index (χ2n) is 6.46. The molecule has 4 aromatic rings. The molecule has 1 aliphatic rings. The Labute approximate surface area is 143 Å². The van der Waals surface area contributed by atoms with Crippen LogP contribution >= 0.6 is 0 Å². The number of benzene rings is 1. The molecule has 0 amide bonds. The van der Waals surface area contributed by atoms with Gasteiger partial charge in [0.1, 0.15) is 18.0 Å². The lowest BCUT2D eigenvalue weighted by molar-refractivity contribution is 0.492. The Morgan fingerprint density at radius 3 is 3.04 bits per heavy atom. The van der Waals surface area contributed by atoms with Crippen molar-refractivity contribution in [3.8, 4) is 0 Å². The number of imidazole rings is 1. The van der Waals surface area contributed by atoms with Crippen LogP contribution in [0.1, 0.15) is 24.6 Å².